The van der Waals surface area contributed by atoms with Gasteiger partial charge < -0.3 is 20.1 Å². The summed E-state index contributed by atoms with van der Waals surface area (Å²) in [7, 11) is 0. The number of hydrogen-bond donors (Lipinski definition) is 2. The molecule has 2 N–H and O–H groups in total. The summed E-state index contributed by atoms with van der Waals surface area (Å²) in [5, 5.41) is 6.13. The zero-order valence-corrected chi connectivity index (χ0v) is 16.4. The second-order valence-corrected chi connectivity index (χ2v) is 7.18. The fourth-order valence-corrected chi connectivity index (χ4v) is 3.29. The third-order valence-corrected chi connectivity index (χ3v) is 4.91. The average Bonchev–Trinajstić information content (AvgIpc) is 3.25. The molecule has 1 amide bonds. The molecule has 154 valence electrons. The van der Waals surface area contributed by atoms with Crippen LogP contribution in [0.3, 0.4) is 0 Å². The first-order valence-electron chi connectivity index (χ1n) is 9.89. The third kappa shape index (κ3) is 5.43. The number of anilines is 1. The molecule has 0 unspecified atom stereocenters. The van der Waals surface area contributed by atoms with Crippen molar-refractivity contribution in [2.24, 2.45) is 0 Å². The van der Waals surface area contributed by atoms with E-state index < -0.39 is 0 Å². The lowest BCUT2D eigenvalue weighted by molar-refractivity contribution is -0.118. The summed E-state index contributed by atoms with van der Waals surface area (Å²) < 4.78 is 24.5. The lowest BCUT2D eigenvalue weighted by Crippen LogP contribution is -2.35. The minimum absolute atomic E-state index is 0.00689. The van der Waals surface area contributed by atoms with E-state index in [0.29, 0.717) is 36.8 Å². The van der Waals surface area contributed by atoms with Crippen LogP contribution in [0.2, 0.25) is 0 Å². The van der Waals surface area contributed by atoms with Gasteiger partial charge in [-0.2, -0.15) is 0 Å². The molecule has 3 aromatic rings. The van der Waals surface area contributed by atoms with Gasteiger partial charge in [0, 0.05) is 12.2 Å². The molecule has 1 saturated heterocycles. The summed E-state index contributed by atoms with van der Waals surface area (Å²) in [6, 6.07) is 22.6. The molecule has 1 aliphatic rings. The predicted octanol–water partition coefficient (Wildman–Crippen LogP) is 4.50. The molecular weight excluding hydrogens is 383 g/mol. The van der Waals surface area contributed by atoms with Gasteiger partial charge in [0.05, 0.1) is 18.8 Å². The summed E-state index contributed by atoms with van der Waals surface area (Å²) in [6.45, 7) is 1.19. The Kier molecular flexibility index (Phi) is 6.37. The number of nitrogens with one attached hydrogen (secondary N) is 2. The van der Waals surface area contributed by atoms with Crippen LogP contribution < -0.4 is 15.4 Å². The van der Waals surface area contributed by atoms with Crippen LogP contribution in [0.25, 0.3) is 0 Å². The van der Waals surface area contributed by atoms with Crippen molar-refractivity contribution in [2.75, 3.05) is 11.9 Å². The Balaban J connectivity index is 1.25. The van der Waals surface area contributed by atoms with Gasteiger partial charge in [0.2, 0.25) is 5.91 Å². The van der Waals surface area contributed by atoms with E-state index in [-0.39, 0.29) is 23.9 Å². The molecule has 0 aliphatic carbocycles. The first kappa shape index (κ1) is 20.1. The van der Waals surface area contributed by atoms with E-state index in [0.717, 1.165) is 5.56 Å². The number of amides is 1. The van der Waals surface area contributed by atoms with Crippen molar-refractivity contribution in [3.8, 4) is 11.5 Å². The summed E-state index contributed by atoms with van der Waals surface area (Å²) in [6.07, 6.45) is 0.636. The molecule has 2 atom stereocenters. The summed E-state index contributed by atoms with van der Waals surface area (Å²) in [5.74, 6) is 0.750. The molecule has 1 heterocycles. The van der Waals surface area contributed by atoms with Crippen LogP contribution in [0, 0.1) is 5.82 Å². The van der Waals surface area contributed by atoms with Gasteiger partial charge >= 0.3 is 0 Å². The lowest BCUT2D eigenvalue weighted by atomic mass is 10.2. The highest BCUT2D eigenvalue weighted by atomic mass is 19.1. The molecule has 30 heavy (non-hydrogen) atoms. The molecule has 0 bridgehead atoms. The lowest BCUT2D eigenvalue weighted by Gasteiger charge is -2.13. The summed E-state index contributed by atoms with van der Waals surface area (Å²) in [5.41, 5.74) is 1.80. The van der Waals surface area contributed by atoms with E-state index in [4.69, 9.17) is 9.47 Å². The standard InChI is InChI=1S/C24H23FN2O3/c25-18-6-10-20(11-7-18)30-21-12-8-19(9-13-21)27-24(28)23-14-22(15-26-23)29-16-17-4-2-1-3-5-17/h1-13,22-23,26H,14-16H2,(H,27,28)/t22-,23+/m1/s1. The van der Waals surface area contributed by atoms with Crippen LogP contribution in [0.4, 0.5) is 10.1 Å². The van der Waals surface area contributed by atoms with Crippen LogP contribution in [0.1, 0.15) is 12.0 Å². The van der Waals surface area contributed by atoms with Crippen LogP contribution in [-0.2, 0) is 16.1 Å². The molecule has 0 radical (unpaired) electrons. The minimum atomic E-state index is -0.311. The molecular formula is C24H23FN2O3. The van der Waals surface area contributed by atoms with Gasteiger partial charge in [0.1, 0.15) is 17.3 Å². The zero-order valence-electron chi connectivity index (χ0n) is 16.4. The van der Waals surface area contributed by atoms with Crippen molar-refractivity contribution in [3.05, 3.63) is 90.2 Å². The monoisotopic (exact) mass is 406 g/mol. The highest BCUT2D eigenvalue weighted by Crippen LogP contribution is 2.23. The van der Waals surface area contributed by atoms with Gasteiger partial charge in [-0.1, -0.05) is 30.3 Å². The maximum Gasteiger partial charge on any atom is 0.241 e. The second kappa shape index (κ2) is 9.52. The average molecular weight is 406 g/mol. The molecule has 1 aliphatic heterocycles. The van der Waals surface area contributed by atoms with E-state index >= 15 is 0 Å². The molecule has 6 heteroatoms. The van der Waals surface area contributed by atoms with E-state index in [2.05, 4.69) is 10.6 Å². The van der Waals surface area contributed by atoms with Crippen molar-refractivity contribution in [3.63, 3.8) is 0 Å². The van der Waals surface area contributed by atoms with Crippen molar-refractivity contribution in [2.45, 2.75) is 25.2 Å². The second-order valence-electron chi connectivity index (χ2n) is 7.18. The zero-order chi connectivity index (χ0) is 20.8. The maximum absolute atomic E-state index is 13.0. The molecule has 3 aromatic carbocycles. The normalized spacial score (nSPS) is 18.2. The predicted molar refractivity (Wildman–Crippen MR) is 113 cm³/mol. The number of carbonyl (C=O) groups excluding carboxylic acids is 1. The van der Waals surface area contributed by atoms with Crippen molar-refractivity contribution in [1.82, 2.24) is 5.32 Å². The van der Waals surface area contributed by atoms with Gasteiger partial charge in [-0.15, -0.1) is 0 Å². The largest absolute Gasteiger partial charge is 0.457 e. The number of rotatable bonds is 7. The topological polar surface area (TPSA) is 59.6 Å². The third-order valence-electron chi connectivity index (χ3n) is 4.91. The van der Waals surface area contributed by atoms with Crippen molar-refractivity contribution >= 4 is 11.6 Å². The van der Waals surface area contributed by atoms with Crippen LogP contribution in [0.5, 0.6) is 11.5 Å². The van der Waals surface area contributed by atoms with Crippen LogP contribution in [-0.4, -0.2) is 24.6 Å². The van der Waals surface area contributed by atoms with Gasteiger partial charge in [-0.05, 0) is 60.5 Å². The SMILES string of the molecule is O=C(Nc1ccc(Oc2ccc(F)cc2)cc1)[C@@H]1C[C@@H](OCc2ccccc2)CN1. The Bertz CT molecular complexity index is 962. The number of halogens is 1. The highest BCUT2D eigenvalue weighted by molar-refractivity contribution is 5.95. The smallest absolute Gasteiger partial charge is 0.241 e. The van der Waals surface area contributed by atoms with E-state index in [1.165, 1.54) is 12.1 Å². The van der Waals surface area contributed by atoms with Gasteiger partial charge in [-0.25, -0.2) is 4.39 Å². The summed E-state index contributed by atoms with van der Waals surface area (Å²) in [4.78, 5) is 12.5. The Morgan fingerprint density at radius 3 is 2.33 bits per heavy atom. The fraction of sp³-hybridized carbons (Fsp3) is 0.208. The quantitative estimate of drug-likeness (QED) is 0.606. The van der Waals surface area contributed by atoms with E-state index in [1.54, 1.807) is 36.4 Å². The number of ether oxygens (including phenoxy) is 2. The molecule has 0 spiro atoms. The number of benzene rings is 3. The van der Waals surface area contributed by atoms with Crippen LogP contribution in [0.15, 0.2) is 78.9 Å². The Hall–Kier alpha value is -3.22. The number of carbonyl (C=O) groups is 1. The summed E-state index contributed by atoms with van der Waals surface area (Å²) >= 11 is 0. The minimum Gasteiger partial charge on any atom is -0.457 e. The molecule has 4 rings (SSSR count). The van der Waals surface area contributed by atoms with Gasteiger partial charge in [0.15, 0.2) is 0 Å². The van der Waals surface area contributed by atoms with Crippen LogP contribution >= 0.6 is 0 Å². The molecule has 5 nitrogen and oxygen atoms in total. The Labute approximate surface area is 174 Å². The Morgan fingerprint density at radius 1 is 0.967 bits per heavy atom. The number of hydrogen-bond acceptors (Lipinski definition) is 4. The maximum atomic E-state index is 13.0. The fourth-order valence-electron chi connectivity index (χ4n) is 3.29. The Morgan fingerprint density at radius 2 is 1.63 bits per heavy atom. The van der Waals surface area contributed by atoms with Gasteiger partial charge in [0.25, 0.3) is 0 Å². The van der Waals surface area contributed by atoms with Crippen molar-refractivity contribution in [1.29, 1.82) is 0 Å². The van der Waals surface area contributed by atoms with Gasteiger partial charge in [-0.3, -0.25) is 4.79 Å². The first-order chi connectivity index (χ1) is 14.7. The molecule has 0 saturated carbocycles. The molecule has 1 fully saturated rings. The first-order valence-corrected chi connectivity index (χ1v) is 9.89. The molecule has 0 aromatic heterocycles. The highest BCUT2D eigenvalue weighted by Gasteiger charge is 2.30. The van der Waals surface area contributed by atoms with E-state index in [1.807, 2.05) is 30.3 Å². The van der Waals surface area contributed by atoms with Crippen molar-refractivity contribution < 1.29 is 18.7 Å². The van der Waals surface area contributed by atoms with E-state index in [9.17, 15) is 9.18 Å².